The number of hydrogen-bond acceptors (Lipinski definition) is 6. The number of esters is 1. The number of pyridine rings is 1. The Morgan fingerprint density at radius 3 is 2.36 bits per heavy atom. The number of aromatic nitrogens is 1. The van der Waals surface area contributed by atoms with Gasteiger partial charge in [-0.3, -0.25) is 9.80 Å². The lowest BCUT2D eigenvalue weighted by Crippen LogP contribution is -2.46. The van der Waals surface area contributed by atoms with E-state index in [1.54, 1.807) is 30.5 Å². The summed E-state index contributed by atoms with van der Waals surface area (Å²) in [5.41, 5.74) is 3.50. The monoisotopic (exact) mass is 574 g/mol. The summed E-state index contributed by atoms with van der Waals surface area (Å²) in [6, 6.07) is 17.0. The molecule has 0 N–H and O–H groups in total. The van der Waals surface area contributed by atoms with Gasteiger partial charge in [0.1, 0.15) is 17.2 Å². The first-order valence-electron chi connectivity index (χ1n) is 13.2. The number of hydrogen-bond donors (Lipinski definition) is 0. The average molecular weight is 576 g/mol. The number of piperazine rings is 1. The van der Waals surface area contributed by atoms with E-state index in [2.05, 4.69) is 50.9 Å². The minimum absolute atomic E-state index is 0. The van der Waals surface area contributed by atoms with Gasteiger partial charge >= 0.3 is 5.97 Å². The molecule has 0 bridgehead atoms. The Kier molecular flexibility index (Phi) is 11.5. The fraction of sp³-hybridized carbons (Fsp3) is 0.400. The van der Waals surface area contributed by atoms with Gasteiger partial charge in [0.25, 0.3) is 0 Å². The van der Waals surface area contributed by atoms with Gasteiger partial charge < -0.3 is 9.64 Å². The van der Waals surface area contributed by atoms with Crippen molar-refractivity contribution in [3.05, 3.63) is 93.9 Å². The van der Waals surface area contributed by atoms with Gasteiger partial charge in [-0.05, 0) is 55.8 Å². The molecule has 4 rings (SSSR count). The van der Waals surface area contributed by atoms with Gasteiger partial charge in [-0.1, -0.05) is 48.9 Å². The maximum absolute atomic E-state index is 14.2. The Bertz CT molecular complexity index is 1200. The summed E-state index contributed by atoms with van der Waals surface area (Å²) in [6.45, 7) is 12.0. The van der Waals surface area contributed by atoms with Crippen molar-refractivity contribution in [1.29, 1.82) is 0 Å². The molecule has 9 heteroatoms. The SMILES string of the molecule is CCN(Cc1ccc(CN2CCN(c3ncccc3C(=O)OC(C)C)CC2)cc1)Cc1c(F)cccc1Cl.Cl. The number of carbonyl (C=O) groups excluding carboxylic acids is 1. The molecule has 0 unspecified atom stereocenters. The number of anilines is 1. The lowest BCUT2D eigenvalue weighted by molar-refractivity contribution is 0.0378. The van der Waals surface area contributed by atoms with E-state index in [1.807, 2.05) is 13.8 Å². The number of rotatable bonds is 10. The Balaban J connectivity index is 0.00000420. The van der Waals surface area contributed by atoms with Crippen molar-refractivity contribution in [2.24, 2.45) is 0 Å². The van der Waals surface area contributed by atoms with Crippen LogP contribution in [0.3, 0.4) is 0 Å². The molecule has 0 atom stereocenters. The first kappa shape index (κ1) is 30.8. The number of benzene rings is 2. The third-order valence-corrected chi connectivity index (χ3v) is 7.10. The summed E-state index contributed by atoms with van der Waals surface area (Å²) < 4.78 is 19.6. The van der Waals surface area contributed by atoms with Crippen LogP contribution in [0, 0.1) is 5.82 Å². The molecule has 210 valence electrons. The number of ether oxygens (including phenoxy) is 1. The van der Waals surface area contributed by atoms with E-state index in [0.29, 0.717) is 28.5 Å². The van der Waals surface area contributed by atoms with Gasteiger partial charge in [0.2, 0.25) is 0 Å². The number of halogens is 3. The van der Waals surface area contributed by atoms with Crippen LogP contribution >= 0.6 is 24.0 Å². The van der Waals surface area contributed by atoms with Crippen molar-refractivity contribution in [3.8, 4) is 0 Å². The van der Waals surface area contributed by atoms with Crippen molar-refractivity contribution in [2.75, 3.05) is 37.6 Å². The minimum Gasteiger partial charge on any atom is -0.459 e. The minimum atomic E-state index is -0.329. The molecule has 0 saturated carbocycles. The molecule has 0 spiro atoms. The van der Waals surface area contributed by atoms with Crippen LogP contribution in [-0.2, 0) is 24.4 Å². The highest BCUT2D eigenvalue weighted by molar-refractivity contribution is 6.31. The van der Waals surface area contributed by atoms with E-state index >= 15 is 0 Å². The maximum Gasteiger partial charge on any atom is 0.342 e. The highest BCUT2D eigenvalue weighted by atomic mass is 35.5. The second-order valence-electron chi connectivity index (χ2n) is 9.91. The van der Waals surface area contributed by atoms with Gasteiger partial charge in [-0.25, -0.2) is 14.2 Å². The van der Waals surface area contributed by atoms with E-state index in [4.69, 9.17) is 16.3 Å². The molecule has 2 heterocycles. The van der Waals surface area contributed by atoms with Crippen LogP contribution in [0.4, 0.5) is 10.2 Å². The fourth-order valence-corrected chi connectivity index (χ4v) is 4.88. The van der Waals surface area contributed by atoms with Crippen LogP contribution in [0.2, 0.25) is 5.02 Å². The molecule has 1 aromatic heterocycles. The molecule has 0 radical (unpaired) electrons. The van der Waals surface area contributed by atoms with Crippen LogP contribution in [-0.4, -0.2) is 59.6 Å². The van der Waals surface area contributed by atoms with Gasteiger partial charge in [0.15, 0.2) is 0 Å². The van der Waals surface area contributed by atoms with Gasteiger partial charge in [0.05, 0.1) is 6.10 Å². The summed E-state index contributed by atoms with van der Waals surface area (Å²) in [5, 5.41) is 0.466. The quantitative estimate of drug-likeness (QED) is 0.268. The lowest BCUT2D eigenvalue weighted by atomic mass is 10.1. The van der Waals surface area contributed by atoms with E-state index < -0.39 is 0 Å². The predicted molar refractivity (Wildman–Crippen MR) is 157 cm³/mol. The van der Waals surface area contributed by atoms with Crippen molar-refractivity contribution < 1.29 is 13.9 Å². The standard InChI is InChI=1S/C30H36ClFN4O2.ClH/c1-4-34(21-26-27(31)8-5-9-28(26)32)19-23-10-12-24(13-11-23)20-35-15-17-36(18-16-35)29-25(7-6-14-33-29)30(37)38-22(2)3;/h5-14,22H,4,15-21H2,1-3H3;1H. The first-order valence-corrected chi connectivity index (χ1v) is 13.6. The van der Waals surface area contributed by atoms with E-state index in [9.17, 15) is 9.18 Å². The first-order chi connectivity index (χ1) is 18.3. The second-order valence-corrected chi connectivity index (χ2v) is 10.3. The van der Waals surface area contributed by atoms with E-state index in [0.717, 1.165) is 45.8 Å². The average Bonchev–Trinajstić information content (AvgIpc) is 2.91. The molecule has 39 heavy (non-hydrogen) atoms. The summed E-state index contributed by atoms with van der Waals surface area (Å²) in [4.78, 5) is 23.8. The van der Waals surface area contributed by atoms with Crippen molar-refractivity contribution in [2.45, 2.75) is 46.5 Å². The van der Waals surface area contributed by atoms with Gasteiger partial charge in [0, 0.05) is 62.6 Å². The zero-order valence-electron chi connectivity index (χ0n) is 22.8. The van der Waals surface area contributed by atoms with Crippen LogP contribution < -0.4 is 4.90 Å². The summed E-state index contributed by atoms with van der Waals surface area (Å²) in [6.07, 6.45) is 1.55. The van der Waals surface area contributed by atoms with E-state index in [1.165, 1.54) is 17.2 Å². The van der Waals surface area contributed by atoms with Crippen LogP contribution in [0.5, 0.6) is 0 Å². The van der Waals surface area contributed by atoms with Crippen LogP contribution in [0.1, 0.15) is 47.8 Å². The predicted octanol–water partition coefficient (Wildman–Crippen LogP) is 6.21. The summed E-state index contributed by atoms with van der Waals surface area (Å²) in [7, 11) is 0. The number of nitrogens with zero attached hydrogens (tertiary/aromatic N) is 4. The topological polar surface area (TPSA) is 48.9 Å². The molecule has 1 saturated heterocycles. The third kappa shape index (κ3) is 8.39. The molecule has 3 aromatic rings. The zero-order chi connectivity index (χ0) is 27.1. The highest BCUT2D eigenvalue weighted by Crippen LogP contribution is 2.23. The van der Waals surface area contributed by atoms with E-state index in [-0.39, 0.29) is 30.3 Å². The zero-order valence-corrected chi connectivity index (χ0v) is 24.3. The molecule has 0 aliphatic carbocycles. The summed E-state index contributed by atoms with van der Waals surface area (Å²) in [5.74, 6) is 0.102. The molecular formula is C30H37Cl2FN4O2. The molecule has 1 aliphatic rings. The maximum atomic E-state index is 14.2. The highest BCUT2D eigenvalue weighted by Gasteiger charge is 2.24. The van der Waals surface area contributed by atoms with Crippen LogP contribution in [0.15, 0.2) is 60.8 Å². The Morgan fingerprint density at radius 1 is 1.03 bits per heavy atom. The molecular weight excluding hydrogens is 538 g/mol. The second kappa shape index (κ2) is 14.6. The Morgan fingerprint density at radius 2 is 1.72 bits per heavy atom. The third-order valence-electron chi connectivity index (χ3n) is 6.75. The van der Waals surface area contributed by atoms with Crippen molar-refractivity contribution in [3.63, 3.8) is 0 Å². The summed E-state index contributed by atoms with van der Waals surface area (Å²) >= 11 is 6.23. The normalized spacial score (nSPS) is 14.0. The number of carbonyl (C=O) groups is 1. The van der Waals surface area contributed by atoms with Gasteiger partial charge in [-0.15, -0.1) is 12.4 Å². The molecule has 2 aromatic carbocycles. The van der Waals surface area contributed by atoms with Gasteiger partial charge in [-0.2, -0.15) is 0 Å². The molecule has 1 fully saturated rings. The largest absolute Gasteiger partial charge is 0.459 e. The van der Waals surface area contributed by atoms with Crippen LogP contribution in [0.25, 0.3) is 0 Å². The van der Waals surface area contributed by atoms with Crippen molar-refractivity contribution in [1.82, 2.24) is 14.8 Å². The Labute approximate surface area is 242 Å². The molecule has 6 nitrogen and oxygen atoms in total. The fourth-order valence-electron chi connectivity index (χ4n) is 4.66. The lowest BCUT2D eigenvalue weighted by Gasteiger charge is -2.36. The smallest absolute Gasteiger partial charge is 0.342 e. The van der Waals surface area contributed by atoms with Crippen molar-refractivity contribution >= 4 is 35.8 Å². The Hall–Kier alpha value is -2.71. The molecule has 1 aliphatic heterocycles. The molecule has 0 amide bonds.